The van der Waals surface area contributed by atoms with E-state index in [1.54, 1.807) is 0 Å². The van der Waals surface area contributed by atoms with Crippen LogP contribution in [0.25, 0.3) is 0 Å². The van der Waals surface area contributed by atoms with E-state index in [4.69, 9.17) is 4.74 Å². The number of rotatable bonds is 1. The van der Waals surface area contributed by atoms with Crippen molar-refractivity contribution in [3.8, 4) is 0 Å². The van der Waals surface area contributed by atoms with E-state index in [9.17, 15) is 0 Å². The van der Waals surface area contributed by atoms with Crippen molar-refractivity contribution in [3.63, 3.8) is 0 Å². The standard InChI is InChI=1S/C10H19BrO/c1-5-9-7(3)6(2)8(4)10(11)12-9/h6-10H,5H2,1-4H3/t6-,7-,8?,9?,10-/m0/s1. The van der Waals surface area contributed by atoms with Crippen LogP contribution in [0.5, 0.6) is 0 Å². The average Bonchev–Trinajstić information content (AvgIpc) is 2.08. The van der Waals surface area contributed by atoms with E-state index in [0.29, 0.717) is 17.9 Å². The fourth-order valence-corrected chi connectivity index (χ4v) is 2.70. The number of hydrogen-bond donors (Lipinski definition) is 0. The predicted molar refractivity (Wildman–Crippen MR) is 55.4 cm³/mol. The molecule has 1 aliphatic heterocycles. The third-order valence-electron chi connectivity index (χ3n) is 3.37. The van der Waals surface area contributed by atoms with E-state index in [0.717, 1.165) is 12.3 Å². The first-order valence-electron chi connectivity index (χ1n) is 4.87. The summed E-state index contributed by atoms with van der Waals surface area (Å²) in [5.74, 6) is 2.08. The van der Waals surface area contributed by atoms with Crippen molar-refractivity contribution < 1.29 is 4.74 Å². The SMILES string of the molecule is CCC1O[C@H](Br)C(C)[C@@H](C)[C@@H]1C. The smallest absolute Gasteiger partial charge is 0.115 e. The first-order chi connectivity index (χ1) is 5.57. The molecule has 5 atom stereocenters. The van der Waals surface area contributed by atoms with Gasteiger partial charge in [0, 0.05) is 0 Å². The Morgan fingerprint density at radius 3 is 2.17 bits per heavy atom. The van der Waals surface area contributed by atoms with Crippen LogP contribution >= 0.6 is 15.9 Å². The molecule has 0 amide bonds. The van der Waals surface area contributed by atoms with Crippen LogP contribution in [0, 0.1) is 17.8 Å². The fourth-order valence-electron chi connectivity index (χ4n) is 1.94. The van der Waals surface area contributed by atoms with Gasteiger partial charge in [-0.3, -0.25) is 0 Å². The van der Waals surface area contributed by atoms with Crippen LogP contribution in [-0.2, 0) is 4.74 Å². The molecule has 1 saturated heterocycles. The lowest BCUT2D eigenvalue weighted by molar-refractivity contribution is -0.0914. The quantitative estimate of drug-likeness (QED) is 0.633. The second-order valence-electron chi connectivity index (χ2n) is 4.01. The molecule has 0 saturated carbocycles. The van der Waals surface area contributed by atoms with Crippen LogP contribution in [0.15, 0.2) is 0 Å². The summed E-state index contributed by atoms with van der Waals surface area (Å²) in [5, 5.41) is 0.258. The van der Waals surface area contributed by atoms with Crippen molar-refractivity contribution in [2.75, 3.05) is 0 Å². The largest absolute Gasteiger partial charge is 0.363 e. The van der Waals surface area contributed by atoms with E-state index in [2.05, 4.69) is 43.6 Å². The minimum absolute atomic E-state index is 0.258. The number of halogens is 1. The summed E-state index contributed by atoms with van der Waals surface area (Å²) in [5.41, 5.74) is 0. The highest BCUT2D eigenvalue weighted by Gasteiger charge is 2.36. The lowest BCUT2D eigenvalue weighted by atomic mass is 9.79. The maximum absolute atomic E-state index is 5.85. The highest BCUT2D eigenvalue weighted by Crippen LogP contribution is 2.38. The third kappa shape index (κ3) is 1.85. The molecule has 0 aromatic carbocycles. The molecule has 1 fully saturated rings. The molecule has 72 valence electrons. The third-order valence-corrected chi connectivity index (χ3v) is 4.42. The van der Waals surface area contributed by atoms with Crippen LogP contribution in [0.1, 0.15) is 34.1 Å². The summed E-state index contributed by atoms with van der Waals surface area (Å²) in [6.45, 7) is 9.08. The van der Waals surface area contributed by atoms with Crippen molar-refractivity contribution in [1.82, 2.24) is 0 Å². The molecule has 0 aliphatic carbocycles. The van der Waals surface area contributed by atoms with Gasteiger partial charge in [0.05, 0.1) is 6.10 Å². The summed E-state index contributed by atoms with van der Waals surface area (Å²) in [6, 6.07) is 0. The first kappa shape index (κ1) is 10.5. The topological polar surface area (TPSA) is 9.23 Å². The van der Waals surface area contributed by atoms with Gasteiger partial charge < -0.3 is 4.74 Å². The summed E-state index contributed by atoms with van der Waals surface area (Å²) in [7, 11) is 0. The lowest BCUT2D eigenvalue weighted by Gasteiger charge is -2.41. The Labute approximate surface area is 84.0 Å². The van der Waals surface area contributed by atoms with Crippen LogP contribution in [0.2, 0.25) is 0 Å². The molecule has 12 heavy (non-hydrogen) atoms. The summed E-state index contributed by atoms with van der Waals surface area (Å²) in [4.78, 5) is 0. The van der Waals surface area contributed by atoms with Crippen LogP contribution < -0.4 is 0 Å². The maximum atomic E-state index is 5.85. The van der Waals surface area contributed by atoms with Gasteiger partial charge in [0.2, 0.25) is 0 Å². The minimum Gasteiger partial charge on any atom is -0.363 e. The molecule has 2 heteroatoms. The van der Waals surface area contributed by atoms with E-state index in [1.165, 1.54) is 0 Å². The molecule has 0 radical (unpaired) electrons. The Bertz CT molecular complexity index is 144. The Morgan fingerprint density at radius 2 is 1.67 bits per heavy atom. The van der Waals surface area contributed by atoms with Gasteiger partial charge in [-0.05, 0) is 24.2 Å². The molecule has 0 aromatic heterocycles. The molecular formula is C10H19BrO. The normalized spacial score (nSPS) is 49.2. The van der Waals surface area contributed by atoms with Crippen LogP contribution in [0.4, 0.5) is 0 Å². The monoisotopic (exact) mass is 234 g/mol. The lowest BCUT2D eigenvalue weighted by Crippen LogP contribution is -2.41. The highest BCUT2D eigenvalue weighted by molar-refractivity contribution is 9.09. The molecule has 0 N–H and O–H groups in total. The second kappa shape index (κ2) is 4.10. The molecule has 0 bridgehead atoms. The van der Waals surface area contributed by atoms with Gasteiger partial charge in [-0.2, -0.15) is 0 Å². The van der Waals surface area contributed by atoms with Crippen LogP contribution in [-0.4, -0.2) is 11.1 Å². The molecular weight excluding hydrogens is 216 g/mol. The van der Waals surface area contributed by atoms with E-state index >= 15 is 0 Å². The van der Waals surface area contributed by atoms with E-state index in [1.807, 2.05) is 0 Å². The zero-order chi connectivity index (χ0) is 9.30. The second-order valence-corrected chi connectivity index (χ2v) is 4.91. The van der Waals surface area contributed by atoms with Gasteiger partial charge in [0.1, 0.15) is 5.01 Å². The zero-order valence-corrected chi connectivity index (χ0v) is 9.97. The van der Waals surface area contributed by atoms with Crippen molar-refractivity contribution >= 4 is 15.9 Å². The van der Waals surface area contributed by atoms with Crippen molar-refractivity contribution in [2.24, 2.45) is 17.8 Å². The number of alkyl halides is 1. The Kier molecular flexibility index (Phi) is 3.59. The highest BCUT2D eigenvalue weighted by atomic mass is 79.9. The van der Waals surface area contributed by atoms with E-state index < -0.39 is 0 Å². The van der Waals surface area contributed by atoms with Gasteiger partial charge in [-0.15, -0.1) is 0 Å². The van der Waals surface area contributed by atoms with E-state index in [-0.39, 0.29) is 5.01 Å². The van der Waals surface area contributed by atoms with Crippen molar-refractivity contribution in [3.05, 3.63) is 0 Å². The van der Waals surface area contributed by atoms with Crippen molar-refractivity contribution in [1.29, 1.82) is 0 Å². The van der Waals surface area contributed by atoms with Crippen LogP contribution in [0.3, 0.4) is 0 Å². The van der Waals surface area contributed by atoms with Gasteiger partial charge in [-0.1, -0.05) is 43.6 Å². The zero-order valence-electron chi connectivity index (χ0n) is 8.38. The molecule has 1 rings (SSSR count). The number of hydrogen-bond acceptors (Lipinski definition) is 1. The maximum Gasteiger partial charge on any atom is 0.115 e. The minimum atomic E-state index is 0.258. The summed E-state index contributed by atoms with van der Waals surface area (Å²) >= 11 is 3.58. The van der Waals surface area contributed by atoms with Gasteiger partial charge >= 0.3 is 0 Å². The fraction of sp³-hybridized carbons (Fsp3) is 1.00. The Balaban J connectivity index is 2.63. The van der Waals surface area contributed by atoms with Gasteiger partial charge in [-0.25, -0.2) is 0 Å². The molecule has 1 aliphatic rings. The molecule has 0 spiro atoms. The van der Waals surface area contributed by atoms with Gasteiger partial charge in [0.15, 0.2) is 0 Å². The first-order valence-corrected chi connectivity index (χ1v) is 5.79. The summed E-state index contributed by atoms with van der Waals surface area (Å²) in [6.07, 6.45) is 1.57. The Hall–Kier alpha value is 0.440. The average molecular weight is 235 g/mol. The van der Waals surface area contributed by atoms with Crippen molar-refractivity contribution in [2.45, 2.75) is 45.2 Å². The molecule has 2 unspecified atom stereocenters. The molecule has 0 aromatic rings. The Morgan fingerprint density at radius 1 is 1.08 bits per heavy atom. The summed E-state index contributed by atoms with van der Waals surface area (Å²) < 4.78 is 5.85. The number of ether oxygens (including phenoxy) is 1. The predicted octanol–water partition coefficient (Wildman–Crippen LogP) is 3.42. The van der Waals surface area contributed by atoms with Gasteiger partial charge in [0.25, 0.3) is 0 Å². The molecule has 1 nitrogen and oxygen atoms in total. The molecule has 1 heterocycles.